The number of non-ortho nitro benzene ring substituents is 1. The third-order valence-electron chi connectivity index (χ3n) is 5.53. The number of methoxy groups -OCH3 is 1. The van der Waals surface area contributed by atoms with Crippen LogP contribution in [-0.4, -0.2) is 66.4 Å². The highest BCUT2D eigenvalue weighted by molar-refractivity contribution is 6.34. The van der Waals surface area contributed by atoms with Crippen LogP contribution in [0.1, 0.15) is 18.4 Å². The molecular formula is C23H27ClN4O5. The fourth-order valence-electron chi connectivity index (χ4n) is 3.69. The molecule has 0 unspecified atom stereocenters. The molecule has 0 aliphatic carbocycles. The zero-order valence-corrected chi connectivity index (χ0v) is 19.2. The van der Waals surface area contributed by atoms with E-state index in [0.29, 0.717) is 44.7 Å². The zero-order valence-electron chi connectivity index (χ0n) is 18.5. The molecule has 176 valence electrons. The molecule has 1 fully saturated rings. The lowest BCUT2D eigenvalue weighted by Crippen LogP contribution is -2.38. The number of anilines is 1. The van der Waals surface area contributed by atoms with Gasteiger partial charge in [-0.3, -0.25) is 24.6 Å². The van der Waals surface area contributed by atoms with Crippen LogP contribution in [-0.2, 0) is 16.0 Å². The Hall–Kier alpha value is -3.17. The van der Waals surface area contributed by atoms with Crippen LogP contribution in [0.2, 0.25) is 5.02 Å². The van der Waals surface area contributed by atoms with Crippen molar-refractivity contribution in [1.29, 1.82) is 0 Å². The van der Waals surface area contributed by atoms with E-state index in [4.69, 9.17) is 16.3 Å². The van der Waals surface area contributed by atoms with Crippen molar-refractivity contribution in [3.05, 3.63) is 63.2 Å². The van der Waals surface area contributed by atoms with Gasteiger partial charge in [0.25, 0.3) is 5.69 Å². The Labute approximate surface area is 197 Å². The van der Waals surface area contributed by atoms with Crippen LogP contribution in [0, 0.1) is 10.1 Å². The van der Waals surface area contributed by atoms with Gasteiger partial charge in [0.15, 0.2) is 0 Å². The summed E-state index contributed by atoms with van der Waals surface area (Å²) >= 11 is 6.05. The number of nitrogens with zero attached hydrogens (tertiary/aromatic N) is 3. The normalized spacial score (nSPS) is 14.4. The number of aryl methyl sites for hydroxylation is 1. The van der Waals surface area contributed by atoms with Crippen molar-refractivity contribution in [1.82, 2.24) is 9.80 Å². The minimum atomic E-state index is -0.543. The maximum atomic E-state index is 12.7. The number of hydrogen-bond donors (Lipinski definition) is 1. The summed E-state index contributed by atoms with van der Waals surface area (Å²) in [4.78, 5) is 39.2. The summed E-state index contributed by atoms with van der Waals surface area (Å²) < 4.78 is 5.15. The Bertz CT molecular complexity index is 999. The number of hydrogen-bond acceptors (Lipinski definition) is 6. The Morgan fingerprint density at radius 3 is 2.55 bits per heavy atom. The molecule has 1 aliphatic heterocycles. The van der Waals surface area contributed by atoms with Crippen LogP contribution in [0.3, 0.4) is 0 Å². The predicted octanol–water partition coefficient (Wildman–Crippen LogP) is 3.36. The van der Waals surface area contributed by atoms with Crippen molar-refractivity contribution < 1.29 is 19.2 Å². The van der Waals surface area contributed by atoms with Gasteiger partial charge in [0.05, 0.1) is 29.3 Å². The van der Waals surface area contributed by atoms with Gasteiger partial charge >= 0.3 is 0 Å². The number of benzene rings is 2. The summed E-state index contributed by atoms with van der Waals surface area (Å²) in [5.41, 5.74) is 1.28. The lowest BCUT2D eigenvalue weighted by Gasteiger charge is -2.22. The smallest absolute Gasteiger partial charge is 0.271 e. The average molecular weight is 475 g/mol. The molecule has 1 N–H and O–H groups in total. The van der Waals surface area contributed by atoms with Crippen molar-refractivity contribution in [2.24, 2.45) is 0 Å². The van der Waals surface area contributed by atoms with E-state index in [1.165, 1.54) is 18.2 Å². The molecule has 2 aromatic carbocycles. The number of rotatable bonds is 8. The average Bonchev–Trinajstić information content (AvgIpc) is 3.04. The Morgan fingerprint density at radius 1 is 1.12 bits per heavy atom. The number of nitro groups is 1. The van der Waals surface area contributed by atoms with E-state index in [-0.39, 0.29) is 29.1 Å². The van der Waals surface area contributed by atoms with Gasteiger partial charge in [0.2, 0.25) is 11.8 Å². The Kier molecular flexibility index (Phi) is 8.62. The zero-order chi connectivity index (χ0) is 23.8. The van der Waals surface area contributed by atoms with Crippen molar-refractivity contribution in [3.8, 4) is 5.75 Å². The molecule has 33 heavy (non-hydrogen) atoms. The van der Waals surface area contributed by atoms with Crippen molar-refractivity contribution in [2.75, 3.05) is 45.2 Å². The highest BCUT2D eigenvalue weighted by atomic mass is 35.5. The molecule has 0 radical (unpaired) electrons. The second-order valence-corrected chi connectivity index (χ2v) is 8.24. The molecule has 1 heterocycles. The lowest BCUT2D eigenvalue weighted by molar-refractivity contribution is -0.384. The molecule has 0 bridgehead atoms. The van der Waals surface area contributed by atoms with E-state index in [1.807, 2.05) is 34.1 Å². The van der Waals surface area contributed by atoms with Gasteiger partial charge < -0.3 is 15.0 Å². The molecule has 0 atom stereocenters. The van der Waals surface area contributed by atoms with Gasteiger partial charge in [-0.25, -0.2) is 0 Å². The molecule has 10 heteroatoms. The maximum Gasteiger partial charge on any atom is 0.271 e. The monoisotopic (exact) mass is 474 g/mol. The van der Waals surface area contributed by atoms with E-state index in [9.17, 15) is 19.7 Å². The van der Waals surface area contributed by atoms with Crippen LogP contribution in [0.5, 0.6) is 5.75 Å². The summed E-state index contributed by atoms with van der Waals surface area (Å²) in [7, 11) is 1.62. The molecule has 0 saturated carbocycles. The minimum absolute atomic E-state index is 0.106. The summed E-state index contributed by atoms with van der Waals surface area (Å²) in [6.45, 7) is 2.67. The first-order chi connectivity index (χ1) is 15.9. The van der Waals surface area contributed by atoms with Crippen molar-refractivity contribution in [3.63, 3.8) is 0 Å². The van der Waals surface area contributed by atoms with Crippen molar-refractivity contribution in [2.45, 2.75) is 19.3 Å². The molecule has 0 aromatic heterocycles. The van der Waals surface area contributed by atoms with Gasteiger partial charge in [-0.15, -0.1) is 0 Å². The fraction of sp³-hybridized carbons (Fsp3) is 0.391. The third-order valence-corrected chi connectivity index (χ3v) is 5.85. The number of nitro benzene ring substituents is 1. The largest absolute Gasteiger partial charge is 0.497 e. The number of nitrogens with one attached hydrogen (secondary N) is 1. The maximum absolute atomic E-state index is 12.7. The number of ether oxygens (including phenoxy) is 1. The summed E-state index contributed by atoms with van der Waals surface area (Å²) in [6, 6.07) is 11.6. The SMILES string of the molecule is COc1ccc(CCC(=O)N2CCCN(CC(=O)Nc3ccc([N+](=O)[O-])cc3Cl)CC2)cc1. The Morgan fingerprint density at radius 2 is 1.88 bits per heavy atom. The van der Waals surface area contributed by atoms with E-state index in [0.717, 1.165) is 17.7 Å². The Balaban J connectivity index is 1.45. The standard InChI is InChI=1S/C23H27ClN4O5/c1-33-19-7-3-17(4-8-19)5-10-23(30)27-12-2-11-26(13-14-27)16-22(29)25-21-9-6-18(28(31)32)15-20(21)24/h3-4,6-9,15H,2,5,10-14,16H2,1H3,(H,25,29). The summed E-state index contributed by atoms with van der Waals surface area (Å²) in [5, 5.41) is 13.6. The van der Waals surface area contributed by atoms with Crippen LogP contribution in [0.25, 0.3) is 0 Å². The molecule has 1 aliphatic rings. The van der Waals surface area contributed by atoms with Gasteiger partial charge in [0, 0.05) is 44.7 Å². The number of carbonyl (C=O) groups is 2. The van der Waals surface area contributed by atoms with Crippen LogP contribution in [0.15, 0.2) is 42.5 Å². The summed E-state index contributed by atoms with van der Waals surface area (Å²) in [6.07, 6.45) is 1.88. The van der Waals surface area contributed by atoms with Crippen LogP contribution in [0.4, 0.5) is 11.4 Å². The highest BCUT2D eigenvalue weighted by Crippen LogP contribution is 2.26. The molecule has 2 amide bonds. The second-order valence-electron chi connectivity index (χ2n) is 7.83. The number of halogens is 1. The van der Waals surface area contributed by atoms with E-state index in [2.05, 4.69) is 5.32 Å². The minimum Gasteiger partial charge on any atom is -0.497 e. The molecule has 2 aromatic rings. The molecule has 1 saturated heterocycles. The van der Waals surface area contributed by atoms with E-state index >= 15 is 0 Å². The first kappa shape index (κ1) is 24.5. The molecular weight excluding hydrogens is 448 g/mol. The van der Waals surface area contributed by atoms with Gasteiger partial charge in [-0.2, -0.15) is 0 Å². The highest BCUT2D eigenvalue weighted by Gasteiger charge is 2.21. The van der Waals surface area contributed by atoms with Gasteiger partial charge in [-0.1, -0.05) is 23.7 Å². The molecule has 3 rings (SSSR count). The number of amides is 2. The first-order valence-corrected chi connectivity index (χ1v) is 11.1. The fourth-order valence-corrected chi connectivity index (χ4v) is 3.91. The predicted molar refractivity (Wildman–Crippen MR) is 126 cm³/mol. The van der Waals surface area contributed by atoms with Gasteiger partial charge in [-0.05, 0) is 36.6 Å². The second kappa shape index (κ2) is 11.6. The third kappa shape index (κ3) is 7.16. The summed E-state index contributed by atoms with van der Waals surface area (Å²) in [5.74, 6) is 0.636. The van der Waals surface area contributed by atoms with Crippen LogP contribution >= 0.6 is 11.6 Å². The topological polar surface area (TPSA) is 105 Å². The number of carbonyl (C=O) groups excluding carboxylic acids is 2. The molecule has 9 nitrogen and oxygen atoms in total. The first-order valence-electron chi connectivity index (χ1n) is 10.7. The molecule has 0 spiro atoms. The van der Waals surface area contributed by atoms with E-state index < -0.39 is 4.92 Å². The quantitative estimate of drug-likeness (QED) is 0.464. The van der Waals surface area contributed by atoms with Crippen LogP contribution < -0.4 is 10.1 Å². The lowest BCUT2D eigenvalue weighted by atomic mass is 10.1. The van der Waals surface area contributed by atoms with E-state index in [1.54, 1.807) is 7.11 Å². The van der Waals surface area contributed by atoms with Crippen molar-refractivity contribution >= 4 is 34.8 Å². The van der Waals surface area contributed by atoms with Gasteiger partial charge in [0.1, 0.15) is 5.75 Å².